The van der Waals surface area contributed by atoms with Crippen molar-refractivity contribution in [3.63, 3.8) is 0 Å². The van der Waals surface area contributed by atoms with Crippen molar-refractivity contribution in [2.45, 2.75) is 35.0 Å². The Balaban J connectivity index is 1.80. The van der Waals surface area contributed by atoms with Gasteiger partial charge in [0.15, 0.2) is 29.4 Å². The molecule has 1 aromatic carbocycles. The Morgan fingerprint density at radius 1 is 1.17 bits per heavy atom. The monoisotopic (exact) mass is 545 g/mol. The summed E-state index contributed by atoms with van der Waals surface area (Å²) < 4.78 is 91.1. The first-order valence-corrected chi connectivity index (χ1v) is 11.0. The Kier molecular flexibility index (Phi) is 8.77. The van der Waals surface area contributed by atoms with E-state index in [9.17, 15) is 36.6 Å². The molecule has 1 fully saturated rings. The van der Waals surface area contributed by atoms with E-state index in [1.165, 1.54) is 0 Å². The fourth-order valence-electron chi connectivity index (χ4n) is 2.98. The molecule has 192 valence electrons. The molecule has 1 aliphatic rings. The summed E-state index contributed by atoms with van der Waals surface area (Å²) in [5, 5.41) is 22.0. The zero-order chi connectivity index (χ0) is 25.9. The molecule has 7 nitrogen and oxygen atoms in total. The number of thioether (sulfide) groups is 1. The quantitative estimate of drug-likeness (QED) is 0.310. The summed E-state index contributed by atoms with van der Waals surface area (Å²) in [7, 11) is 0. The fourth-order valence-corrected chi connectivity index (χ4v) is 4.44. The number of aliphatic hydroxyl groups excluding tert-OH is 2. The lowest BCUT2D eigenvalue weighted by molar-refractivity contribution is -0.270. The van der Waals surface area contributed by atoms with Crippen molar-refractivity contribution >= 4 is 29.1 Å². The highest BCUT2D eigenvalue weighted by atomic mass is 35.5. The number of aromatic nitrogens is 1. The molecule has 3 rings (SSSR count). The van der Waals surface area contributed by atoms with Gasteiger partial charge in [0.25, 0.3) is 0 Å². The van der Waals surface area contributed by atoms with Crippen LogP contribution < -0.4 is 11.1 Å². The van der Waals surface area contributed by atoms with Gasteiger partial charge in [0.2, 0.25) is 0 Å². The molecule has 1 saturated heterocycles. The molecule has 1 aliphatic heterocycles. The van der Waals surface area contributed by atoms with Crippen molar-refractivity contribution in [1.29, 1.82) is 0 Å². The summed E-state index contributed by atoms with van der Waals surface area (Å²) in [6.45, 7) is -0.901. The Morgan fingerprint density at radius 2 is 1.83 bits per heavy atom. The molecule has 0 spiro atoms. The summed E-state index contributed by atoms with van der Waals surface area (Å²) in [6, 6.07) is 2.38. The van der Waals surface area contributed by atoms with Gasteiger partial charge in [-0.15, -0.1) is 0 Å². The standard InChI is InChI=1S/C20H18ClF6N3O4S/c21-9-3-15(17(30-4-9)20(25,26)27)35-19-13(33-18(32)14(7-31)34-19)6-29-5-12(28)8-1-10(22)16(24)11(23)2-8/h1-5,13-14,18-19,29,31-32H,6-7,28H2/b12-5-. The van der Waals surface area contributed by atoms with Crippen molar-refractivity contribution in [1.82, 2.24) is 10.3 Å². The van der Waals surface area contributed by atoms with Gasteiger partial charge in [0, 0.05) is 29.4 Å². The number of rotatable bonds is 7. The average Bonchev–Trinajstić information content (AvgIpc) is 2.77. The van der Waals surface area contributed by atoms with Crippen molar-refractivity contribution in [3.8, 4) is 0 Å². The Morgan fingerprint density at radius 3 is 2.43 bits per heavy atom. The molecule has 0 amide bonds. The van der Waals surface area contributed by atoms with Gasteiger partial charge in [0.05, 0.1) is 17.3 Å². The van der Waals surface area contributed by atoms with Crippen molar-refractivity contribution in [3.05, 3.63) is 64.3 Å². The Bertz CT molecular complexity index is 1070. The molecule has 1 aromatic heterocycles. The largest absolute Gasteiger partial charge is 0.434 e. The normalized spacial score (nSPS) is 23.4. The lowest BCUT2D eigenvalue weighted by Gasteiger charge is -2.38. The molecular formula is C20H18ClF6N3O4S. The van der Waals surface area contributed by atoms with Crippen LogP contribution in [0, 0.1) is 17.5 Å². The van der Waals surface area contributed by atoms with Crippen molar-refractivity contribution in [2.24, 2.45) is 5.73 Å². The third kappa shape index (κ3) is 6.71. The zero-order valence-corrected chi connectivity index (χ0v) is 19.0. The minimum atomic E-state index is -4.80. The van der Waals surface area contributed by atoms with Gasteiger partial charge in [0.1, 0.15) is 17.6 Å². The fraction of sp³-hybridized carbons (Fsp3) is 0.350. The van der Waals surface area contributed by atoms with E-state index in [-0.39, 0.29) is 27.7 Å². The number of halogens is 7. The van der Waals surface area contributed by atoms with E-state index >= 15 is 0 Å². The average molecular weight is 546 g/mol. The highest BCUT2D eigenvalue weighted by Crippen LogP contribution is 2.40. The van der Waals surface area contributed by atoms with Gasteiger partial charge in [-0.3, -0.25) is 0 Å². The molecule has 0 aliphatic carbocycles. The van der Waals surface area contributed by atoms with E-state index in [0.29, 0.717) is 23.9 Å². The maximum Gasteiger partial charge on any atom is 0.434 e. The SMILES string of the molecule is N/C(=C\NCC1OC(O)C(CO)OC1Sc1cc(Cl)cnc1C(F)(F)F)c1cc(F)c(F)c(F)c1. The minimum Gasteiger partial charge on any atom is -0.397 e. The number of nitrogens with one attached hydrogen (secondary N) is 1. The van der Waals surface area contributed by atoms with Crippen LogP contribution in [0.1, 0.15) is 11.3 Å². The minimum absolute atomic E-state index is 0.0693. The maximum absolute atomic E-state index is 13.4. The summed E-state index contributed by atoms with van der Waals surface area (Å²) in [5.41, 5.74) is 2.95. The summed E-state index contributed by atoms with van der Waals surface area (Å²) in [6.07, 6.45) is -6.84. The number of ether oxygens (including phenoxy) is 2. The molecule has 4 unspecified atom stereocenters. The summed E-state index contributed by atoms with van der Waals surface area (Å²) in [5.74, 6) is -4.57. The second-order valence-corrected chi connectivity index (χ2v) is 8.74. The van der Waals surface area contributed by atoms with E-state index < -0.39 is 59.9 Å². The lowest BCUT2D eigenvalue weighted by Crippen LogP contribution is -2.52. The first kappa shape index (κ1) is 27.4. The third-order valence-corrected chi connectivity index (χ3v) is 6.07. The summed E-state index contributed by atoms with van der Waals surface area (Å²) in [4.78, 5) is 2.95. The highest BCUT2D eigenvalue weighted by Gasteiger charge is 2.41. The van der Waals surface area contributed by atoms with E-state index in [0.717, 1.165) is 18.5 Å². The number of benzene rings is 1. The van der Waals surface area contributed by atoms with Gasteiger partial charge < -0.3 is 30.7 Å². The lowest BCUT2D eigenvalue weighted by atomic mass is 10.1. The van der Waals surface area contributed by atoms with Crippen LogP contribution in [0.3, 0.4) is 0 Å². The van der Waals surface area contributed by atoms with Crippen LogP contribution in [0.15, 0.2) is 35.5 Å². The number of hydrogen-bond acceptors (Lipinski definition) is 8. The summed E-state index contributed by atoms with van der Waals surface area (Å²) >= 11 is 6.36. The number of alkyl halides is 3. The second kappa shape index (κ2) is 11.2. The van der Waals surface area contributed by atoms with Crippen LogP contribution in [0.25, 0.3) is 5.70 Å². The smallest absolute Gasteiger partial charge is 0.397 e. The van der Waals surface area contributed by atoms with E-state index in [4.69, 9.17) is 26.8 Å². The predicted octanol–water partition coefficient (Wildman–Crippen LogP) is 3.23. The van der Waals surface area contributed by atoms with E-state index in [2.05, 4.69) is 10.3 Å². The van der Waals surface area contributed by atoms with E-state index in [1.807, 2.05) is 0 Å². The number of hydrogen-bond donors (Lipinski definition) is 4. The predicted molar refractivity (Wildman–Crippen MR) is 113 cm³/mol. The first-order valence-electron chi connectivity index (χ1n) is 9.74. The number of nitrogens with two attached hydrogens (primary N) is 1. The van der Waals surface area contributed by atoms with Crippen LogP contribution in [-0.2, 0) is 15.7 Å². The Hall–Kier alpha value is -2.23. The van der Waals surface area contributed by atoms with Crippen LogP contribution in [0.2, 0.25) is 5.02 Å². The van der Waals surface area contributed by atoms with Crippen LogP contribution >= 0.6 is 23.4 Å². The molecule has 15 heteroatoms. The van der Waals surface area contributed by atoms with Gasteiger partial charge in [-0.05, 0) is 18.2 Å². The van der Waals surface area contributed by atoms with Gasteiger partial charge in [-0.2, -0.15) is 13.2 Å². The Labute approximate surface area is 203 Å². The molecule has 5 N–H and O–H groups in total. The first-order chi connectivity index (χ1) is 16.4. The van der Waals surface area contributed by atoms with Gasteiger partial charge >= 0.3 is 6.18 Å². The van der Waals surface area contributed by atoms with Crippen molar-refractivity contribution < 1.29 is 46.0 Å². The molecule has 2 aromatic rings. The number of pyridine rings is 1. The van der Waals surface area contributed by atoms with E-state index in [1.54, 1.807) is 0 Å². The molecule has 4 atom stereocenters. The molecule has 2 heterocycles. The zero-order valence-electron chi connectivity index (χ0n) is 17.4. The second-order valence-electron chi connectivity index (χ2n) is 7.17. The number of nitrogens with zero attached hydrogens (tertiary/aromatic N) is 1. The third-order valence-electron chi connectivity index (χ3n) is 4.65. The maximum atomic E-state index is 13.4. The molecule has 35 heavy (non-hydrogen) atoms. The van der Waals surface area contributed by atoms with Gasteiger partial charge in [-0.1, -0.05) is 23.4 Å². The van der Waals surface area contributed by atoms with Crippen LogP contribution in [0.5, 0.6) is 0 Å². The topological polar surface area (TPSA) is 110 Å². The van der Waals surface area contributed by atoms with Crippen molar-refractivity contribution in [2.75, 3.05) is 13.2 Å². The molecule has 0 saturated carbocycles. The highest BCUT2D eigenvalue weighted by molar-refractivity contribution is 7.99. The van der Waals surface area contributed by atoms with Gasteiger partial charge in [-0.25, -0.2) is 18.2 Å². The molecule has 0 radical (unpaired) electrons. The van der Waals surface area contributed by atoms with Crippen LogP contribution in [-0.4, -0.2) is 52.3 Å². The molecule has 0 bridgehead atoms. The molecular weight excluding hydrogens is 528 g/mol. The number of aliphatic hydroxyl groups is 2. The van der Waals surface area contributed by atoms with Crippen LogP contribution in [0.4, 0.5) is 26.3 Å².